The summed E-state index contributed by atoms with van der Waals surface area (Å²) in [5, 5.41) is 3.81. The van der Waals surface area contributed by atoms with Crippen molar-refractivity contribution >= 4 is 28.9 Å². The van der Waals surface area contributed by atoms with Crippen molar-refractivity contribution in [2.75, 3.05) is 13.1 Å². The van der Waals surface area contributed by atoms with Gasteiger partial charge in [-0.3, -0.25) is 9.59 Å². The first-order valence-electron chi connectivity index (χ1n) is 11.7. The van der Waals surface area contributed by atoms with E-state index in [1.807, 2.05) is 66.9 Å². The topological polar surface area (TPSA) is 95.4 Å². The number of piperidine rings is 1. The highest BCUT2D eigenvalue weighted by molar-refractivity contribution is 6.30. The number of carbonyl (C=O) groups is 2. The van der Waals surface area contributed by atoms with E-state index >= 15 is 0 Å². The highest BCUT2D eigenvalue weighted by Gasteiger charge is 2.27. The van der Waals surface area contributed by atoms with Crippen molar-refractivity contribution in [1.29, 1.82) is 0 Å². The summed E-state index contributed by atoms with van der Waals surface area (Å²) in [4.78, 5) is 38.7. The highest BCUT2D eigenvalue weighted by atomic mass is 35.5. The summed E-state index contributed by atoms with van der Waals surface area (Å²) in [6.07, 6.45) is 8.62. The molecule has 1 unspecified atom stereocenters. The molecule has 1 aliphatic heterocycles. The lowest BCUT2D eigenvalue weighted by atomic mass is 10.0. The lowest BCUT2D eigenvalue weighted by Crippen LogP contribution is -2.49. The number of imidazole rings is 2. The van der Waals surface area contributed by atoms with Crippen LogP contribution in [0.5, 0.6) is 0 Å². The van der Waals surface area contributed by atoms with Crippen LogP contribution in [-0.4, -0.2) is 55.2 Å². The number of pyridine rings is 1. The van der Waals surface area contributed by atoms with Crippen molar-refractivity contribution in [3.63, 3.8) is 0 Å². The average molecular weight is 493 g/mol. The molecule has 0 spiro atoms. The predicted molar refractivity (Wildman–Crippen MR) is 136 cm³/mol. The number of nitrogens with one attached hydrogen (secondary N) is 2. The lowest BCUT2D eigenvalue weighted by molar-refractivity contribution is 0.0676. The second-order valence-electron chi connectivity index (χ2n) is 8.81. The summed E-state index contributed by atoms with van der Waals surface area (Å²) in [7, 11) is 0. The molecular weight excluding hydrogens is 464 g/mol. The van der Waals surface area contributed by atoms with Crippen molar-refractivity contribution in [3.05, 3.63) is 89.5 Å². The maximum atomic E-state index is 13.0. The van der Waals surface area contributed by atoms with Crippen LogP contribution in [0.3, 0.4) is 0 Å². The third-order valence-electron chi connectivity index (χ3n) is 5.89. The van der Waals surface area contributed by atoms with E-state index in [0.29, 0.717) is 24.5 Å². The Balaban J connectivity index is 0.000000356. The number of aromatic amines is 1. The second-order valence-corrected chi connectivity index (χ2v) is 9.25. The lowest BCUT2D eigenvalue weighted by Gasteiger charge is -2.33. The van der Waals surface area contributed by atoms with E-state index in [0.717, 1.165) is 29.1 Å². The van der Waals surface area contributed by atoms with E-state index in [2.05, 4.69) is 20.3 Å². The minimum absolute atomic E-state index is 0.0369. The number of rotatable bonds is 4. The number of H-pyrrole nitrogens is 1. The van der Waals surface area contributed by atoms with Gasteiger partial charge in [0.1, 0.15) is 0 Å². The van der Waals surface area contributed by atoms with Gasteiger partial charge in [0.15, 0.2) is 5.82 Å². The molecule has 5 rings (SSSR count). The Bertz CT molecular complexity index is 1280. The van der Waals surface area contributed by atoms with Crippen molar-refractivity contribution in [3.8, 4) is 0 Å². The van der Waals surface area contributed by atoms with E-state index < -0.39 is 0 Å². The Morgan fingerprint density at radius 2 is 1.94 bits per heavy atom. The summed E-state index contributed by atoms with van der Waals surface area (Å²) >= 11 is 5.54. The van der Waals surface area contributed by atoms with Crippen LogP contribution in [0.2, 0.25) is 5.02 Å². The molecule has 0 aliphatic carbocycles. The number of carbonyl (C=O) groups excluding carboxylic acids is 2. The number of hydrogen-bond donors (Lipinski definition) is 2. The number of halogens is 1. The summed E-state index contributed by atoms with van der Waals surface area (Å²) in [6.45, 7) is 5.25. The summed E-state index contributed by atoms with van der Waals surface area (Å²) in [5.41, 5.74) is 2.34. The van der Waals surface area contributed by atoms with E-state index in [4.69, 9.17) is 11.6 Å². The number of fused-ring (bicyclic) bond motifs is 1. The SMILES string of the molecule is CC(C)c1cnc(C(=O)NC2CCCN(C(=O)c3cccn4cncc34)C2)[nH]1.Clc1ccccc1. The van der Waals surface area contributed by atoms with E-state index in [-0.39, 0.29) is 23.8 Å². The smallest absolute Gasteiger partial charge is 0.287 e. The molecule has 182 valence electrons. The van der Waals surface area contributed by atoms with Crippen LogP contribution in [0.4, 0.5) is 0 Å². The summed E-state index contributed by atoms with van der Waals surface area (Å²) in [5.74, 6) is 0.327. The largest absolute Gasteiger partial charge is 0.345 e. The molecule has 1 aromatic carbocycles. The zero-order valence-electron chi connectivity index (χ0n) is 19.8. The van der Waals surface area contributed by atoms with Crippen molar-refractivity contribution < 1.29 is 9.59 Å². The van der Waals surface area contributed by atoms with Crippen LogP contribution in [0.1, 0.15) is 59.3 Å². The summed E-state index contributed by atoms with van der Waals surface area (Å²) in [6, 6.07) is 13.0. The number of aromatic nitrogens is 4. The second kappa shape index (κ2) is 11.2. The first-order chi connectivity index (χ1) is 16.9. The molecule has 2 N–H and O–H groups in total. The molecule has 0 saturated carbocycles. The van der Waals surface area contributed by atoms with Crippen molar-refractivity contribution in [2.45, 2.75) is 38.6 Å². The van der Waals surface area contributed by atoms with Gasteiger partial charge in [0.2, 0.25) is 0 Å². The minimum Gasteiger partial charge on any atom is -0.345 e. The van der Waals surface area contributed by atoms with E-state index in [1.54, 1.807) is 23.6 Å². The normalized spacial score (nSPS) is 15.5. The molecule has 2 amide bonds. The van der Waals surface area contributed by atoms with Gasteiger partial charge in [-0.05, 0) is 43.0 Å². The standard InChI is InChI=1S/C20H24N6O2.C6H5Cl/c1-13(2)16-9-22-18(24-16)19(27)23-14-5-3-7-25(11-14)20(28)15-6-4-8-26-12-21-10-17(15)26;7-6-4-2-1-3-5-6/h4,6,8-10,12-14H,3,5,7,11H2,1-2H3,(H,22,24)(H,23,27);1-5H. The van der Waals surface area contributed by atoms with Gasteiger partial charge in [-0.15, -0.1) is 0 Å². The van der Waals surface area contributed by atoms with Gasteiger partial charge in [0, 0.05) is 42.2 Å². The molecule has 1 aliphatic rings. The Kier molecular flexibility index (Phi) is 7.82. The molecule has 1 atom stereocenters. The van der Waals surface area contributed by atoms with Gasteiger partial charge in [-0.1, -0.05) is 43.6 Å². The number of nitrogens with zero attached hydrogens (tertiary/aromatic N) is 4. The maximum Gasteiger partial charge on any atom is 0.287 e. The maximum absolute atomic E-state index is 13.0. The first kappa shape index (κ1) is 24.5. The van der Waals surface area contributed by atoms with E-state index in [1.165, 1.54) is 0 Å². The molecule has 4 aromatic rings. The number of hydrogen-bond acceptors (Lipinski definition) is 4. The third kappa shape index (κ3) is 6.08. The van der Waals surface area contributed by atoms with Crippen LogP contribution in [0.25, 0.3) is 5.52 Å². The summed E-state index contributed by atoms with van der Waals surface area (Å²) < 4.78 is 1.83. The predicted octanol–water partition coefficient (Wildman–Crippen LogP) is 4.56. The molecular formula is C26H29ClN6O2. The van der Waals surface area contributed by atoms with Crippen LogP contribution in [0.15, 0.2) is 67.4 Å². The van der Waals surface area contributed by atoms with Crippen molar-refractivity contribution in [1.82, 2.24) is 29.6 Å². The molecule has 4 heterocycles. The third-order valence-corrected chi connectivity index (χ3v) is 6.14. The fourth-order valence-corrected chi connectivity index (χ4v) is 4.14. The Morgan fingerprint density at radius 3 is 2.63 bits per heavy atom. The highest BCUT2D eigenvalue weighted by Crippen LogP contribution is 2.18. The van der Waals surface area contributed by atoms with Crippen LogP contribution >= 0.6 is 11.6 Å². The minimum atomic E-state index is -0.232. The van der Waals surface area contributed by atoms with Crippen molar-refractivity contribution in [2.24, 2.45) is 0 Å². The van der Waals surface area contributed by atoms with Gasteiger partial charge in [-0.2, -0.15) is 0 Å². The molecule has 0 radical (unpaired) electrons. The van der Waals surface area contributed by atoms with Crippen LogP contribution in [-0.2, 0) is 0 Å². The quantitative estimate of drug-likeness (QED) is 0.436. The molecule has 3 aromatic heterocycles. The Hall–Kier alpha value is -3.65. The fourth-order valence-electron chi connectivity index (χ4n) is 3.99. The number of likely N-dealkylation sites (tertiary alicyclic amines) is 1. The van der Waals surface area contributed by atoms with Gasteiger partial charge < -0.3 is 19.6 Å². The molecule has 9 heteroatoms. The van der Waals surface area contributed by atoms with Crippen LogP contribution < -0.4 is 5.32 Å². The molecule has 35 heavy (non-hydrogen) atoms. The number of amides is 2. The zero-order valence-corrected chi connectivity index (χ0v) is 20.6. The molecule has 1 fully saturated rings. The first-order valence-corrected chi connectivity index (χ1v) is 12.1. The van der Waals surface area contributed by atoms with Crippen LogP contribution in [0, 0.1) is 0 Å². The zero-order chi connectivity index (χ0) is 24.8. The Morgan fingerprint density at radius 1 is 1.14 bits per heavy atom. The molecule has 1 saturated heterocycles. The van der Waals surface area contributed by atoms with Gasteiger partial charge in [0.05, 0.1) is 23.6 Å². The van der Waals surface area contributed by atoms with E-state index in [9.17, 15) is 9.59 Å². The Labute approximate surface area is 209 Å². The van der Waals surface area contributed by atoms with Gasteiger partial charge in [-0.25, -0.2) is 9.97 Å². The van der Waals surface area contributed by atoms with Gasteiger partial charge in [0.25, 0.3) is 11.8 Å². The monoisotopic (exact) mass is 492 g/mol. The number of benzene rings is 1. The molecule has 0 bridgehead atoms. The van der Waals surface area contributed by atoms with Gasteiger partial charge >= 0.3 is 0 Å². The fraction of sp³-hybridized carbons (Fsp3) is 0.308. The molecule has 8 nitrogen and oxygen atoms in total. The average Bonchev–Trinajstić information content (AvgIpc) is 3.55.